The van der Waals surface area contributed by atoms with E-state index in [1.54, 1.807) is 0 Å². The van der Waals surface area contributed by atoms with E-state index in [4.69, 9.17) is 9.47 Å². The van der Waals surface area contributed by atoms with Crippen LogP contribution in [0.3, 0.4) is 0 Å². The second kappa shape index (κ2) is 5.17. The van der Waals surface area contributed by atoms with E-state index in [1.807, 2.05) is 0 Å². The number of hydrogen-bond donors (Lipinski definition) is 1. The Labute approximate surface area is 111 Å². The summed E-state index contributed by atoms with van der Waals surface area (Å²) < 4.78 is 23.9. The Morgan fingerprint density at radius 1 is 1.42 bits per heavy atom. The van der Waals surface area contributed by atoms with E-state index in [-0.39, 0.29) is 12.4 Å². The molecule has 0 heterocycles. The zero-order chi connectivity index (χ0) is 14.0. The van der Waals surface area contributed by atoms with Crippen LogP contribution < -0.4 is 4.74 Å². The number of benzene rings is 1. The van der Waals surface area contributed by atoms with Gasteiger partial charge in [0.25, 0.3) is 0 Å². The van der Waals surface area contributed by atoms with E-state index < -0.39 is 17.2 Å². The molecule has 4 nitrogen and oxygen atoms in total. The van der Waals surface area contributed by atoms with Crippen LogP contribution in [0.4, 0.5) is 4.39 Å². The number of carbonyl (C=O) groups is 1. The molecule has 0 unspecified atom stereocenters. The van der Waals surface area contributed by atoms with Gasteiger partial charge in [0.2, 0.25) is 0 Å². The van der Waals surface area contributed by atoms with Gasteiger partial charge in [-0.1, -0.05) is 6.42 Å². The van der Waals surface area contributed by atoms with Crippen LogP contribution in [0.15, 0.2) is 12.1 Å². The standard InChI is InChI=1S/C14H17FO4/c1-18-8-9-6-12(19-2)11(15)7-10(9)14(13(16)17)4-3-5-14/h6-7H,3-5,8H2,1-2H3,(H,16,17). The van der Waals surface area contributed by atoms with Crippen LogP contribution in [0.5, 0.6) is 5.75 Å². The molecule has 0 radical (unpaired) electrons. The van der Waals surface area contributed by atoms with E-state index in [0.717, 1.165) is 6.42 Å². The summed E-state index contributed by atoms with van der Waals surface area (Å²) in [7, 11) is 2.90. The molecule has 1 N–H and O–H groups in total. The maximum Gasteiger partial charge on any atom is 0.314 e. The smallest absolute Gasteiger partial charge is 0.314 e. The Bertz CT molecular complexity index is 494. The summed E-state index contributed by atoms with van der Waals surface area (Å²) in [5.74, 6) is -1.33. The molecule has 1 aromatic carbocycles. The highest BCUT2D eigenvalue weighted by Crippen LogP contribution is 2.46. The normalized spacial score (nSPS) is 16.8. The number of rotatable bonds is 5. The number of ether oxygens (including phenoxy) is 2. The predicted molar refractivity (Wildman–Crippen MR) is 66.8 cm³/mol. The largest absolute Gasteiger partial charge is 0.494 e. The first-order valence-corrected chi connectivity index (χ1v) is 6.14. The lowest BCUT2D eigenvalue weighted by atomic mass is 9.63. The Morgan fingerprint density at radius 2 is 2.11 bits per heavy atom. The van der Waals surface area contributed by atoms with E-state index >= 15 is 0 Å². The van der Waals surface area contributed by atoms with Gasteiger partial charge in [-0.2, -0.15) is 0 Å². The van der Waals surface area contributed by atoms with E-state index in [1.165, 1.54) is 26.4 Å². The highest BCUT2D eigenvalue weighted by molar-refractivity contribution is 5.83. The number of carboxylic acid groups (broad SMARTS) is 1. The molecule has 1 saturated carbocycles. The maximum absolute atomic E-state index is 13.9. The van der Waals surface area contributed by atoms with Crippen LogP contribution >= 0.6 is 0 Å². The minimum Gasteiger partial charge on any atom is -0.494 e. The van der Waals surface area contributed by atoms with Crippen LogP contribution in [-0.4, -0.2) is 25.3 Å². The second-order valence-corrected chi connectivity index (χ2v) is 4.82. The van der Waals surface area contributed by atoms with Crippen LogP contribution in [0.2, 0.25) is 0 Å². The third-order valence-electron chi connectivity index (χ3n) is 3.81. The lowest BCUT2D eigenvalue weighted by Crippen LogP contribution is -2.43. The summed E-state index contributed by atoms with van der Waals surface area (Å²) in [5.41, 5.74) is 0.204. The fourth-order valence-electron chi connectivity index (χ4n) is 2.60. The Balaban J connectivity index is 2.54. The molecule has 0 spiro atoms. The molecule has 1 aromatic rings. The van der Waals surface area contributed by atoms with Crippen molar-refractivity contribution in [3.63, 3.8) is 0 Å². The summed E-state index contributed by atoms with van der Waals surface area (Å²) in [5, 5.41) is 9.45. The van der Waals surface area contributed by atoms with E-state index in [0.29, 0.717) is 24.0 Å². The SMILES string of the molecule is COCc1cc(OC)c(F)cc1C1(C(=O)O)CCC1. The number of methoxy groups -OCH3 is 2. The van der Waals surface area contributed by atoms with Gasteiger partial charge >= 0.3 is 5.97 Å². The Morgan fingerprint density at radius 3 is 2.53 bits per heavy atom. The lowest BCUT2D eigenvalue weighted by Gasteiger charge is -2.39. The molecule has 5 heteroatoms. The van der Waals surface area contributed by atoms with Crippen molar-refractivity contribution < 1.29 is 23.8 Å². The molecule has 0 atom stereocenters. The van der Waals surface area contributed by atoms with Crippen molar-refractivity contribution in [2.75, 3.05) is 14.2 Å². The van der Waals surface area contributed by atoms with Gasteiger partial charge in [-0.3, -0.25) is 4.79 Å². The Hall–Kier alpha value is -1.62. The van der Waals surface area contributed by atoms with Crippen molar-refractivity contribution in [2.45, 2.75) is 31.3 Å². The highest BCUT2D eigenvalue weighted by atomic mass is 19.1. The summed E-state index contributed by atoms with van der Waals surface area (Å²) in [6.45, 7) is 0.237. The summed E-state index contributed by atoms with van der Waals surface area (Å²) in [4.78, 5) is 11.5. The van der Waals surface area contributed by atoms with Gasteiger partial charge in [0.05, 0.1) is 19.1 Å². The summed E-state index contributed by atoms with van der Waals surface area (Å²) in [6, 6.07) is 2.80. The second-order valence-electron chi connectivity index (χ2n) is 4.82. The molecule has 104 valence electrons. The fourth-order valence-corrected chi connectivity index (χ4v) is 2.60. The van der Waals surface area contributed by atoms with Gasteiger partial charge in [0.15, 0.2) is 11.6 Å². The molecule has 2 rings (SSSR count). The zero-order valence-electron chi connectivity index (χ0n) is 11.0. The summed E-state index contributed by atoms with van der Waals surface area (Å²) >= 11 is 0. The van der Waals surface area contributed by atoms with Crippen LogP contribution in [0.1, 0.15) is 30.4 Å². The molecular formula is C14H17FO4. The third-order valence-corrected chi connectivity index (χ3v) is 3.81. The number of halogens is 1. The molecule has 0 aliphatic heterocycles. The van der Waals surface area contributed by atoms with Gasteiger partial charge in [-0.15, -0.1) is 0 Å². The molecule has 19 heavy (non-hydrogen) atoms. The van der Waals surface area contributed by atoms with E-state index in [9.17, 15) is 14.3 Å². The number of carboxylic acids is 1. The van der Waals surface area contributed by atoms with Crippen LogP contribution in [0, 0.1) is 5.82 Å². The third kappa shape index (κ3) is 2.18. The molecule has 1 aliphatic carbocycles. The van der Waals surface area contributed by atoms with Crippen LogP contribution in [0.25, 0.3) is 0 Å². The molecule has 0 saturated heterocycles. The minimum atomic E-state index is -0.971. The van der Waals surface area contributed by atoms with Gasteiger partial charge in [0.1, 0.15) is 0 Å². The first-order valence-electron chi connectivity index (χ1n) is 6.14. The first-order chi connectivity index (χ1) is 9.05. The van der Waals surface area contributed by atoms with Gasteiger partial charge in [-0.05, 0) is 36.1 Å². The monoisotopic (exact) mass is 268 g/mol. The number of hydrogen-bond acceptors (Lipinski definition) is 3. The lowest BCUT2D eigenvalue weighted by molar-refractivity contribution is -0.147. The zero-order valence-corrected chi connectivity index (χ0v) is 11.0. The van der Waals surface area contributed by atoms with E-state index in [2.05, 4.69) is 0 Å². The van der Waals surface area contributed by atoms with Crippen molar-refractivity contribution in [1.29, 1.82) is 0 Å². The van der Waals surface area contributed by atoms with Gasteiger partial charge < -0.3 is 14.6 Å². The van der Waals surface area contributed by atoms with Crippen molar-refractivity contribution >= 4 is 5.97 Å². The van der Waals surface area contributed by atoms with Gasteiger partial charge in [-0.25, -0.2) is 4.39 Å². The quantitative estimate of drug-likeness (QED) is 0.891. The average Bonchev–Trinajstić information content (AvgIpc) is 2.30. The topological polar surface area (TPSA) is 55.8 Å². The van der Waals surface area contributed by atoms with Gasteiger partial charge in [0, 0.05) is 7.11 Å². The predicted octanol–water partition coefficient (Wildman–Crippen LogP) is 2.49. The van der Waals surface area contributed by atoms with Crippen molar-refractivity contribution in [2.24, 2.45) is 0 Å². The molecule has 0 bridgehead atoms. The molecular weight excluding hydrogens is 251 g/mol. The molecule has 1 fully saturated rings. The fraction of sp³-hybridized carbons (Fsp3) is 0.500. The minimum absolute atomic E-state index is 0.107. The molecule has 0 aromatic heterocycles. The highest BCUT2D eigenvalue weighted by Gasteiger charge is 2.47. The Kier molecular flexibility index (Phi) is 3.75. The van der Waals surface area contributed by atoms with Crippen molar-refractivity contribution in [3.05, 3.63) is 29.1 Å². The molecule has 0 amide bonds. The molecule has 1 aliphatic rings. The maximum atomic E-state index is 13.9. The van der Waals surface area contributed by atoms with Crippen molar-refractivity contribution in [3.8, 4) is 5.75 Å². The van der Waals surface area contributed by atoms with Crippen molar-refractivity contribution in [1.82, 2.24) is 0 Å². The number of aliphatic carboxylic acids is 1. The average molecular weight is 268 g/mol. The van der Waals surface area contributed by atoms with Crippen LogP contribution in [-0.2, 0) is 21.6 Å². The first kappa shape index (κ1) is 13.8. The summed E-state index contributed by atoms with van der Waals surface area (Å²) in [6.07, 6.45) is 1.90.